The lowest BCUT2D eigenvalue weighted by atomic mass is 10.2. The maximum Gasteiger partial charge on any atom is 0.321 e. The summed E-state index contributed by atoms with van der Waals surface area (Å²) in [5.41, 5.74) is 3.26. The van der Waals surface area contributed by atoms with E-state index >= 15 is 0 Å². The highest BCUT2D eigenvalue weighted by Gasteiger charge is 2.31. The first-order chi connectivity index (χ1) is 14.6. The predicted octanol–water partition coefficient (Wildman–Crippen LogP) is 5.13. The molecular formula is C22H20ClN5O2. The molecule has 1 saturated heterocycles. The van der Waals surface area contributed by atoms with Gasteiger partial charge in [-0.3, -0.25) is 0 Å². The van der Waals surface area contributed by atoms with E-state index in [4.69, 9.17) is 21.0 Å². The third-order valence-electron chi connectivity index (χ3n) is 5.43. The smallest absolute Gasteiger partial charge is 0.321 e. The van der Waals surface area contributed by atoms with Crippen LogP contribution in [0.15, 0.2) is 59.3 Å². The monoisotopic (exact) mass is 421 g/mol. The molecule has 1 N–H and O–H groups in total. The zero-order chi connectivity index (χ0) is 20.7. The Morgan fingerprint density at radius 3 is 2.97 bits per heavy atom. The van der Waals surface area contributed by atoms with Crippen LogP contribution in [0.3, 0.4) is 0 Å². The van der Waals surface area contributed by atoms with Gasteiger partial charge in [-0.1, -0.05) is 17.7 Å². The molecular weight excluding hydrogens is 402 g/mol. The fourth-order valence-corrected chi connectivity index (χ4v) is 4.05. The molecule has 1 aromatic carbocycles. The first kappa shape index (κ1) is 18.7. The van der Waals surface area contributed by atoms with Crippen molar-refractivity contribution in [3.8, 4) is 11.6 Å². The second-order valence-corrected chi connectivity index (χ2v) is 7.82. The predicted molar refractivity (Wildman–Crippen MR) is 116 cm³/mol. The molecule has 0 spiro atoms. The summed E-state index contributed by atoms with van der Waals surface area (Å²) in [6.07, 6.45) is 4.19. The van der Waals surface area contributed by atoms with Gasteiger partial charge in [-0.2, -0.15) is 0 Å². The molecule has 0 unspecified atom stereocenters. The SMILES string of the molecule is Cc1ccc(NC(=O)N2CC[C@@H](n3c(-c4ccco4)nc4cccnc43)C2)cc1Cl. The van der Waals surface area contributed by atoms with Crippen LogP contribution in [0.1, 0.15) is 18.0 Å². The van der Waals surface area contributed by atoms with E-state index in [-0.39, 0.29) is 12.1 Å². The van der Waals surface area contributed by atoms with Crippen molar-refractivity contribution in [2.24, 2.45) is 0 Å². The average Bonchev–Trinajstić information content (AvgIpc) is 3.49. The van der Waals surface area contributed by atoms with Crippen LogP contribution in [0.5, 0.6) is 0 Å². The molecule has 5 rings (SSSR count). The number of carbonyl (C=O) groups is 1. The van der Waals surface area contributed by atoms with Crippen molar-refractivity contribution in [3.63, 3.8) is 0 Å². The Morgan fingerprint density at radius 1 is 1.27 bits per heavy atom. The first-order valence-corrected chi connectivity index (χ1v) is 10.2. The Bertz CT molecular complexity index is 1220. The molecule has 1 fully saturated rings. The van der Waals surface area contributed by atoms with E-state index in [1.54, 1.807) is 23.4 Å². The minimum atomic E-state index is -0.144. The van der Waals surface area contributed by atoms with E-state index < -0.39 is 0 Å². The van der Waals surface area contributed by atoms with Crippen molar-refractivity contribution < 1.29 is 9.21 Å². The van der Waals surface area contributed by atoms with Crippen molar-refractivity contribution in [2.45, 2.75) is 19.4 Å². The quantitative estimate of drug-likeness (QED) is 0.497. The lowest BCUT2D eigenvalue weighted by Gasteiger charge is -2.19. The molecule has 152 valence electrons. The second kappa shape index (κ2) is 7.50. The van der Waals surface area contributed by atoms with Crippen LogP contribution < -0.4 is 5.32 Å². The number of aryl methyl sites for hydroxylation is 1. The van der Waals surface area contributed by atoms with Crippen molar-refractivity contribution in [3.05, 3.63) is 65.5 Å². The van der Waals surface area contributed by atoms with Gasteiger partial charge in [0.05, 0.1) is 12.3 Å². The van der Waals surface area contributed by atoms with E-state index in [0.29, 0.717) is 29.6 Å². The van der Waals surface area contributed by atoms with E-state index in [0.717, 1.165) is 29.0 Å². The number of halogens is 1. The van der Waals surface area contributed by atoms with Gasteiger partial charge >= 0.3 is 6.03 Å². The average molecular weight is 422 g/mol. The van der Waals surface area contributed by atoms with E-state index in [9.17, 15) is 4.79 Å². The maximum atomic E-state index is 12.8. The summed E-state index contributed by atoms with van der Waals surface area (Å²) in [7, 11) is 0. The zero-order valence-corrected chi connectivity index (χ0v) is 17.1. The molecule has 1 atom stereocenters. The Morgan fingerprint density at radius 2 is 2.17 bits per heavy atom. The van der Waals surface area contributed by atoms with Crippen LogP contribution >= 0.6 is 11.6 Å². The number of nitrogens with one attached hydrogen (secondary N) is 1. The normalized spacial score (nSPS) is 16.3. The fraction of sp³-hybridized carbons (Fsp3) is 0.227. The lowest BCUT2D eigenvalue weighted by molar-refractivity contribution is 0.221. The number of anilines is 1. The number of rotatable bonds is 3. The number of urea groups is 1. The number of furan rings is 1. The topological polar surface area (TPSA) is 76.2 Å². The minimum absolute atomic E-state index is 0.0531. The highest BCUT2D eigenvalue weighted by Crippen LogP contribution is 2.32. The van der Waals surface area contributed by atoms with Crippen LogP contribution in [-0.4, -0.2) is 38.6 Å². The van der Waals surface area contributed by atoms with Gasteiger partial charge in [-0.05, 0) is 55.3 Å². The van der Waals surface area contributed by atoms with Crippen LogP contribution in [0.2, 0.25) is 5.02 Å². The van der Waals surface area contributed by atoms with Crippen molar-refractivity contribution >= 4 is 34.5 Å². The molecule has 0 radical (unpaired) electrons. The Hall–Kier alpha value is -3.32. The highest BCUT2D eigenvalue weighted by molar-refractivity contribution is 6.31. The molecule has 0 bridgehead atoms. The summed E-state index contributed by atoms with van der Waals surface area (Å²) in [6, 6.07) is 13.0. The van der Waals surface area contributed by atoms with Crippen LogP contribution in [0.4, 0.5) is 10.5 Å². The van der Waals surface area contributed by atoms with Gasteiger partial charge in [0.25, 0.3) is 0 Å². The maximum absolute atomic E-state index is 12.8. The van der Waals surface area contributed by atoms with Crippen molar-refractivity contribution in [2.75, 3.05) is 18.4 Å². The van der Waals surface area contributed by atoms with Crippen LogP contribution in [0, 0.1) is 6.92 Å². The number of benzene rings is 1. The minimum Gasteiger partial charge on any atom is -0.461 e. The van der Waals surface area contributed by atoms with Gasteiger partial charge < -0.3 is 19.2 Å². The standard InChI is InChI=1S/C22H20ClN5O2/c1-14-6-7-15(12-17(14)23)25-22(29)27-10-8-16(13-27)28-20-18(4-2-9-24-20)26-21(28)19-5-3-11-30-19/h2-7,9,11-12,16H,8,10,13H2,1H3,(H,25,29)/t16-/m1/s1. The summed E-state index contributed by atoms with van der Waals surface area (Å²) in [5.74, 6) is 1.41. The van der Waals surface area contributed by atoms with Crippen LogP contribution in [0.25, 0.3) is 22.7 Å². The molecule has 1 aliphatic rings. The van der Waals surface area contributed by atoms with Gasteiger partial charge in [0.2, 0.25) is 0 Å². The van der Waals surface area contributed by atoms with Crippen molar-refractivity contribution in [1.29, 1.82) is 0 Å². The number of aromatic nitrogens is 3. The Labute approximate surface area is 178 Å². The molecule has 30 heavy (non-hydrogen) atoms. The molecule has 2 amide bonds. The number of carbonyl (C=O) groups excluding carboxylic acids is 1. The number of imidazole rings is 1. The second-order valence-electron chi connectivity index (χ2n) is 7.41. The molecule has 7 nitrogen and oxygen atoms in total. The number of fused-ring (bicyclic) bond motifs is 1. The Kier molecular flexibility index (Phi) is 4.67. The molecule has 0 aliphatic carbocycles. The highest BCUT2D eigenvalue weighted by atomic mass is 35.5. The third kappa shape index (κ3) is 3.31. The summed E-state index contributed by atoms with van der Waals surface area (Å²) in [6.45, 7) is 3.13. The Balaban J connectivity index is 1.40. The number of amides is 2. The summed E-state index contributed by atoms with van der Waals surface area (Å²) >= 11 is 6.18. The number of nitrogens with zero attached hydrogens (tertiary/aromatic N) is 4. The van der Waals surface area contributed by atoms with E-state index in [1.165, 1.54) is 0 Å². The molecule has 8 heteroatoms. The first-order valence-electron chi connectivity index (χ1n) is 9.79. The fourth-order valence-electron chi connectivity index (χ4n) is 3.87. The van der Waals surface area contributed by atoms with Gasteiger partial charge in [0.15, 0.2) is 17.2 Å². The molecule has 4 heterocycles. The number of hydrogen-bond acceptors (Lipinski definition) is 4. The summed E-state index contributed by atoms with van der Waals surface area (Å²) in [5, 5.41) is 3.57. The van der Waals surface area contributed by atoms with Gasteiger partial charge in [0, 0.05) is 30.0 Å². The summed E-state index contributed by atoms with van der Waals surface area (Å²) in [4.78, 5) is 23.9. The largest absolute Gasteiger partial charge is 0.461 e. The van der Waals surface area contributed by atoms with E-state index in [2.05, 4.69) is 14.9 Å². The molecule has 1 aliphatic heterocycles. The van der Waals surface area contributed by atoms with Gasteiger partial charge in [0.1, 0.15) is 5.52 Å². The number of likely N-dealkylation sites (tertiary alicyclic amines) is 1. The van der Waals surface area contributed by atoms with Gasteiger partial charge in [-0.25, -0.2) is 14.8 Å². The van der Waals surface area contributed by atoms with Gasteiger partial charge in [-0.15, -0.1) is 0 Å². The molecule has 3 aromatic heterocycles. The molecule has 0 saturated carbocycles. The number of hydrogen-bond donors (Lipinski definition) is 1. The summed E-state index contributed by atoms with van der Waals surface area (Å²) < 4.78 is 7.69. The van der Waals surface area contributed by atoms with Crippen LogP contribution in [-0.2, 0) is 0 Å². The van der Waals surface area contributed by atoms with E-state index in [1.807, 2.05) is 43.3 Å². The zero-order valence-electron chi connectivity index (χ0n) is 16.4. The molecule has 4 aromatic rings. The number of pyridine rings is 1. The lowest BCUT2D eigenvalue weighted by Crippen LogP contribution is -2.33. The van der Waals surface area contributed by atoms with Crippen molar-refractivity contribution in [1.82, 2.24) is 19.4 Å². The third-order valence-corrected chi connectivity index (χ3v) is 5.84.